The number of nitrogens with one attached hydrogen (secondary N) is 1. The lowest BCUT2D eigenvalue weighted by Crippen LogP contribution is -2.25. The summed E-state index contributed by atoms with van der Waals surface area (Å²) >= 11 is 0. The van der Waals surface area contributed by atoms with Gasteiger partial charge in [0.2, 0.25) is 0 Å². The van der Waals surface area contributed by atoms with Crippen LogP contribution >= 0.6 is 0 Å². The number of carbonyl (C=O) groups is 1. The van der Waals surface area contributed by atoms with E-state index >= 15 is 0 Å². The summed E-state index contributed by atoms with van der Waals surface area (Å²) in [5, 5.41) is 13.5. The minimum Gasteiger partial charge on any atom is -0.352 e. The van der Waals surface area contributed by atoms with Crippen molar-refractivity contribution in [3.63, 3.8) is 0 Å². The maximum Gasteiger partial charge on any atom is 0.285 e. The summed E-state index contributed by atoms with van der Waals surface area (Å²) in [6.45, 7) is 5.56. The number of aryl methyl sites for hydroxylation is 1. The van der Waals surface area contributed by atoms with Gasteiger partial charge in [0.1, 0.15) is 5.56 Å². The largest absolute Gasteiger partial charge is 0.352 e. The number of carbonyl (C=O) groups excluding carboxylic acids is 1. The predicted molar refractivity (Wildman–Crippen MR) is 65.0 cm³/mol. The molecule has 0 saturated heterocycles. The molecule has 1 rings (SSSR count). The van der Waals surface area contributed by atoms with Crippen molar-refractivity contribution in [3.05, 3.63) is 52.1 Å². The van der Waals surface area contributed by atoms with Gasteiger partial charge in [-0.25, -0.2) is 0 Å². The summed E-state index contributed by atoms with van der Waals surface area (Å²) in [7, 11) is 0. The minimum absolute atomic E-state index is 0.0964. The molecule has 0 heterocycles. The second-order valence-corrected chi connectivity index (χ2v) is 3.56. The molecular formula is C12H14N2O3. The quantitative estimate of drug-likeness (QED) is 0.367. The van der Waals surface area contributed by atoms with Crippen LogP contribution in [0.4, 0.5) is 5.69 Å². The van der Waals surface area contributed by atoms with E-state index in [9.17, 15) is 14.9 Å². The van der Waals surface area contributed by atoms with Gasteiger partial charge in [0, 0.05) is 12.1 Å². The average Bonchev–Trinajstić information content (AvgIpc) is 2.28. The Morgan fingerprint density at radius 2 is 2.29 bits per heavy atom. The average molecular weight is 234 g/mol. The number of hydrogen-bond acceptors (Lipinski definition) is 3. The molecule has 0 aromatic heterocycles. The van der Waals surface area contributed by atoms with Gasteiger partial charge in [0.25, 0.3) is 11.6 Å². The van der Waals surface area contributed by atoms with E-state index in [4.69, 9.17) is 0 Å². The van der Waals surface area contributed by atoms with E-state index in [0.717, 1.165) is 0 Å². The Balaban J connectivity index is 2.97. The number of hydrogen-bond donors (Lipinski definition) is 1. The molecule has 0 radical (unpaired) electrons. The molecular weight excluding hydrogens is 220 g/mol. The highest BCUT2D eigenvalue weighted by atomic mass is 16.6. The topological polar surface area (TPSA) is 72.2 Å². The van der Waals surface area contributed by atoms with Gasteiger partial charge < -0.3 is 5.32 Å². The molecule has 1 N–H and O–H groups in total. The highest BCUT2D eigenvalue weighted by molar-refractivity contribution is 5.98. The Labute approximate surface area is 99.3 Å². The van der Waals surface area contributed by atoms with Crippen LogP contribution in [-0.2, 0) is 0 Å². The van der Waals surface area contributed by atoms with Crippen LogP contribution in [0.2, 0.25) is 0 Å². The van der Waals surface area contributed by atoms with Crippen molar-refractivity contribution in [1.82, 2.24) is 5.32 Å². The normalized spacial score (nSPS) is 9.71. The van der Waals surface area contributed by atoms with Gasteiger partial charge in [-0.1, -0.05) is 18.2 Å². The third-order valence-corrected chi connectivity index (χ3v) is 2.30. The van der Waals surface area contributed by atoms with E-state index in [-0.39, 0.29) is 11.3 Å². The zero-order valence-corrected chi connectivity index (χ0v) is 9.60. The second kappa shape index (κ2) is 5.79. The molecule has 0 saturated carbocycles. The van der Waals surface area contributed by atoms with Crippen LogP contribution in [-0.4, -0.2) is 17.4 Å². The van der Waals surface area contributed by atoms with E-state index in [1.54, 1.807) is 25.1 Å². The lowest BCUT2D eigenvalue weighted by atomic mass is 10.1. The van der Waals surface area contributed by atoms with Gasteiger partial charge in [-0.05, 0) is 19.4 Å². The number of benzene rings is 1. The molecule has 0 fully saturated rings. The van der Waals surface area contributed by atoms with Crippen LogP contribution in [0.15, 0.2) is 30.9 Å². The fourth-order valence-corrected chi connectivity index (χ4v) is 1.47. The standard InChI is InChI=1S/C12H14N2O3/c1-3-4-8-13-12(15)10-7-5-6-9(2)11(10)14(16)17/h3,5-7H,1,4,8H2,2H3,(H,13,15). The third kappa shape index (κ3) is 3.14. The smallest absolute Gasteiger partial charge is 0.285 e. The first-order valence-corrected chi connectivity index (χ1v) is 5.21. The summed E-state index contributed by atoms with van der Waals surface area (Å²) in [5.41, 5.74) is 0.439. The number of nitro benzene ring substituents is 1. The molecule has 5 nitrogen and oxygen atoms in total. The van der Waals surface area contributed by atoms with E-state index in [2.05, 4.69) is 11.9 Å². The minimum atomic E-state index is -0.530. The van der Waals surface area contributed by atoms with Crippen LogP contribution in [0.25, 0.3) is 0 Å². The second-order valence-electron chi connectivity index (χ2n) is 3.56. The van der Waals surface area contributed by atoms with Gasteiger partial charge >= 0.3 is 0 Å². The predicted octanol–water partition coefficient (Wildman–Crippen LogP) is 2.21. The number of nitrogens with zero attached hydrogens (tertiary/aromatic N) is 1. The van der Waals surface area contributed by atoms with Crippen molar-refractivity contribution in [2.75, 3.05) is 6.54 Å². The SMILES string of the molecule is C=CCCNC(=O)c1cccc(C)c1[N+](=O)[O-]. The van der Waals surface area contributed by atoms with E-state index < -0.39 is 10.8 Å². The summed E-state index contributed by atoms with van der Waals surface area (Å²) in [6.07, 6.45) is 2.30. The molecule has 5 heteroatoms. The summed E-state index contributed by atoms with van der Waals surface area (Å²) in [4.78, 5) is 22.1. The third-order valence-electron chi connectivity index (χ3n) is 2.30. The zero-order valence-electron chi connectivity index (χ0n) is 9.60. The molecule has 17 heavy (non-hydrogen) atoms. The van der Waals surface area contributed by atoms with Crippen LogP contribution in [0.5, 0.6) is 0 Å². The van der Waals surface area contributed by atoms with Crippen molar-refractivity contribution in [1.29, 1.82) is 0 Å². The Morgan fingerprint density at radius 1 is 1.59 bits per heavy atom. The molecule has 1 amide bonds. The van der Waals surface area contributed by atoms with Crippen molar-refractivity contribution < 1.29 is 9.72 Å². The maximum absolute atomic E-state index is 11.7. The fraction of sp³-hybridized carbons (Fsp3) is 0.250. The van der Waals surface area contributed by atoms with E-state index in [1.807, 2.05) is 0 Å². The molecule has 90 valence electrons. The molecule has 0 aliphatic heterocycles. The number of rotatable bonds is 5. The summed E-state index contributed by atoms with van der Waals surface area (Å²) in [6, 6.07) is 4.69. The van der Waals surface area contributed by atoms with Crippen LogP contribution in [0, 0.1) is 17.0 Å². The lowest BCUT2D eigenvalue weighted by Gasteiger charge is -2.05. The van der Waals surface area contributed by atoms with Crippen LogP contribution < -0.4 is 5.32 Å². The fourth-order valence-electron chi connectivity index (χ4n) is 1.47. The van der Waals surface area contributed by atoms with Crippen molar-refractivity contribution in [2.45, 2.75) is 13.3 Å². The molecule has 1 aromatic carbocycles. The van der Waals surface area contributed by atoms with Crippen molar-refractivity contribution >= 4 is 11.6 Å². The first-order chi connectivity index (χ1) is 8.07. The Bertz CT molecular complexity index is 455. The highest BCUT2D eigenvalue weighted by Crippen LogP contribution is 2.22. The highest BCUT2D eigenvalue weighted by Gasteiger charge is 2.21. The lowest BCUT2D eigenvalue weighted by molar-refractivity contribution is -0.385. The van der Waals surface area contributed by atoms with Gasteiger partial charge in [-0.15, -0.1) is 6.58 Å². The van der Waals surface area contributed by atoms with Gasteiger partial charge in [-0.2, -0.15) is 0 Å². The van der Waals surface area contributed by atoms with E-state index in [1.165, 1.54) is 6.07 Å². The Morgan fingerprint density at radius 3 is 2.88 bits per heavy atom. The number of amides is 1. The Kier molecular flexibility index (Phi) is 4.39. The van der Waals surface area contributed by atoms with Crippen LogP contribution in [0.3, 0.4) is 0 Å². The Hall–Kier alpha value is -2.17. The molecule has 0 aliphatic carbocycles. The summed E-state index contributed by atoms with van der Waals surface area (Å²) < 4.78 is 0. The first-order valence-electron chi connectivity index (χ1n) is 5.21. The number of nitro groups is 1. The molecule has 0 spiro atoms. The van der Waals surface area contributed by atoms with Gasteiger partial charge in [0.05, 0.1) is 4.92 Å². The molecule has 0 bridgehead atoms. The summed E-state index contributed by atoms with van der Waals surface area (Å²) in [5.74, 6) is -0.428. The molecule has 1 aromatic rings. The van der Waals surface area contributed by atoms with Crippen molar-refractivity contribution in [2.24, 2.45) is 0 Å². The first kappa shape index (κ1) is 12.9. The monoisotopic (exact) mass is 234 g/mol. The molecule has 0 aliphatic rings. The number of para-hydroxylation sites is 1. The molecule has 0 unspecified atom stereocenters. The van der Waals surface area contributed by atoms with Crippen LogP contribution in [0.1, 0.15) is 22.3 Å². The van der Waals surface area contributed by atoms with E-state index in [0.29, 0.717) is 18.5 Å². The van der Waals surface area contributed by atoms with Crippen molar-refractivity contribution in [3.8, 4) is 0 Å². The maximum atomic E-state index is 11.7. The zero-order chi connectivity index (χ0) is 12.8. The molecule has 0 atom stereocenters. The van der Waals surface area contributed by atoms with Gasteiger partial charge in [0.15, 0.2) is 0 Å². The van der Waals surface area contributed by atoms with Gasteiger partial charge in [-0.3, -0.25) is 14.9 Å².